The highest BCUT2D eigenvalue weighted by atomic mass is 14.7. The first-order valence-corrected chi connectivity index (χ1v) is 1.93. The SMILES string of the molecule is CC=[NH+]CC. The molecule has 5 heavy (non-hydrogen) atoms. The van der Waals surface area contributed by atoms with Gasteiger partial charge in [-0.15, -0.1) is 0 Å². The molecule has 0 aromatic heterocycles. The fourth-order valence-corrected chi connectivity index (χ4v) is 0.204. The first-order chi connectivity index (χ1) is 2.41. The highest BCUT2D eigenvalue weighted by Crippen LogP contribution is 1.20. The topological polar surface area (TPSA) is 14.0 Å². The molecule has 0 rings (SSSR count). The van der Waals surface area contributed by atoms with Crippen LogP contribution in [0.25, 0.3) is 0 Å². The second kappa shape index (κ2) is 3.67. The van der Waals surface area contributed by atoms with E-state index >= 15 is 0 Å². The average Bonchev–Trinajstić information content (AvgIpc) is 1.41. The molecule has 0 saturated carbocycles. The van der Waals surface area contributed by atoms with E-state index in [0.29, 0.717) is 0 Å². The minimum Gasteiger partial charge on any atom is -0.252 e. The Bertz CT molecular complexity index is 30.6. The lowest BCUT2D eigenvalue weighted by Gasteiger charge is -1.60. The summed E-state index contributed by atoms with van der Waals surface area (Å²) in [6.45, 7) is 5.08. The number of nitrogens with one attached hydrogen (secondary N) is 1. The predicted molar refractivity (Wildman–Crippen MR) is 23.2 cm³/mol. The van der Waals surface area contributed by atoms with Crippen molar-refractivity contribution in [2.24, 2.45) is 0 Å². The average molecular weight is 72.1 g/mol. The van der Waals surface area contributed by atoms with E-state index in [2.05, 4.69) is 11.9 Å². The van der Waals surface area contributed by atoms with Gasteiger partial charge >= 0.3 is 0 Å². The standard InChI is InChI=1S/C4H9N/c1-3-5-4-2/h3H,4H2,1-2H3/p+1. The molecule has 0 amide bonds. The molecule has 1 N–H and O–H groups in total. The van der Waals surface area contributed by atoms with Gasteiger partial charge in [0.1, 0.15) is 12.8 Å². The molecular formula is C4H10N+. The second-order valence-corrected chi connectivity index (χ2v) is 0.846. The zero-order valence-electron chi connectivity index (χ0n) is 3.78. The van der Waals surface area contributed by atoms with Crippen LogP contribution < -0.4 is 4.99 Å². The van der Waals surface area contributed by atoms with Crippen molar-refractivity contribution in [3.05, 3.63) is 0 Å². The van der Waals surface area contributed by atoms with Gasteiger partial charge in [0.25, 0.3) is 0 Å². The molecule has 1 heteroatoms. The van der Waals surface area contributed by atoms with Crippen molar-refractivity contribution in [2.75, 3.05) is 6.54 Å². The van der Waals surface area contributed by atoms with Gasteiger partial charge in [0.05, 0.1) is 0 Å². The van der Waals surface area contributed by atoms with Gasteiger partial charge in [0, 0.05) is 6.92 Å². The molecular weight excluding hydrogens is 62.1 g/mol. The monoisotopic (exact) mass is 72.1 g/mol. The summed E-state index contributed by atoms with van der Waals surface area (Å²) in [5.41, 5.74) is 0. The van der Waals surface area contributed by atoms with E-state index in [4.69, 9.17) is 0 Å². The zero-order chi connectivity index (χ0) is 4.12. The molecule has 0 aromatic rings. The van der Waals surface area contributed by atoms with Crippen LogP contribution >= 0.6 is 0 Å². The van der Waals surface area contributed by atoms with Crippen LogP contribution in [0.5, 0.6) is 0 Å². The van der Waals surface area contributed by atoms with Gasteiger partial charge in [-0.3, -0.25) is 4.99 Å². The summed E-state index contributed by atoms with van der Waals surface area (Å²) < 4.78 is 0. The maximum atomic E-state index is 2.99. The Morgan fingerprint density at radius 3 is 2.40 bits per heavy atom. The van der Waals surface area contributed by atoms with Crippen LogP contribution in [0, 0.1) is 0 Å². The molecule has 0 unspecified atom stereocenters. The predicted octanol–water partition coefficient (Wildman–Crippen LogP) is -0.822. The van der Waals surface area contributed by atoms with Gasteiger partial charge in [-0.05, 0) is 6.92 Å². The van der Waals surface area contributed by atoms with Crippen molar-refractivity contribution >= 4 is 6.21 Å². The van der Waals surface area contributed by atoms with Gasteiger partial charge in [-0.1, -0.05) is 0 Å². The van der Waals surface area contributed by atoms with Gasteiger partial charge in [-0.25, -0.2) is 0 Å². The van der Waals surface area contributed by atoms with Gasteiger partial charge in [0.15, 0.2) is 0 Å². The molecule has 1 nitrogen and oxygen atoms in total. The zero-order valence-corrected chi connectivity index (χ0v) is 3.78. The Labute approximate surface area is 32.7 Å². The van der Waals surface area contributed by atoms with Crippen LogP contribution in [0.1, 0.15) is 13.8 Å². The quantitative estimate of drug-likeness (QED) is 0.389. The summed E-state index contributed by atoms with van der Waals surface area (Å²) in [5.74, 6) is 0. The van der Waals surface area contributed by atoms with E-state index in [1.54, 1.807) is 0 Å². The molecule has 0 bridgehead atoms. The van der Waals surface area contributed by atoms with Gasteiger partial charge in [-0.2, -0.15) is 0 Å². The van der Waals surface area contributed by atoms with Gasteiger partial charge < -0.3 is 0 Å². The molecule has 0 radical (unpaired) electrons. The summed E-state index contributed by atoms with van der Waals surface area (Å²) >= 11 is 0. The number of hydrogen-bond acceptors (Lipinski definition) is 0. The van der Waals surface area contributed by atoms with Crippen molar-refractivity contribution < 1.29 is 4.99 Å². The molecule has 0 aliphatic heterocycles. The highest BCUT2D eigenvalue weighted by molar-refractivity contribution is 5.45. The van der Waals surface area contributed by atoms with E-state index in [0.717, 1.165) is 6.54 Å². The summed E-state index contributed by atoms with van der Waals surface area (Å²) in [6, 6.07) is 0. The third kappa shape index (κ3) is 3.67. The van der Waals surface area contributed by atoms with Crippen LogP contribution in [0.2, 0.25) is 0 Å². The Hall–Kier alpha value is -0.330. The minimum absolute atomic E-state index is 1.04. The largest absolute Gasteiger partial charge is 0.252 e. The molecule has 30 valence electrons. The summed E-state index contributed by atoms with van der Waals surface area (Å²) in [4.78, 5) is 2.99. The molecule has 0 aromatic carbocycles. The van der Waals surface area contributed by atoms with Crippen LogP contribution in [-0.4, -0.2) is 12.8 Å². The van der Waals surface area contributed by atoms with Crippen LogP contribution in [0.4, 0.5) is 0 Å². The Morgan fingerprint density at radius 2 is 2.40 bits per heavy atom. The first-order valence-electron chi connectivity index (χ1n) is 1.93. The highest BCUT2D eigenvalue weighted by Gasteiger charge is 1.59. The Morgan fingerprint density at radius 1 is 1.80 bits per heavy atom. The summed E-state index contributed by atoms with van der Waals surface area (Å²) in [6.07, 6.45) is 1.93. The molecule has 0 atom stereocenters. The smallest absolute Gasteiger partial charge is 0.137 e. The van der Waals surface area contributed by atoms with Crippen molar-refractivity contribution in [2.45, 2.75) is 13.8 Å². The van der Waals surface area contributed by atoms with Crippen molar-refractivity contribution in [1.82, 2.24) is 0 Å². The first kappa shape index (κ1) is 4.67. The van der Waals surface area contributed by atoms with Crippen LogP contribution in [0.15, 0.2) is 0 Å². The minimum atomic E-state index is 1.04. The van der Waals surface area contributed by atoms with Gasteiger partial charge in [0.2, 0.25) is 0 Å². The Kier molecular flexibility index (Phi) is 3.43. The van der Waals surface area contributed by atoms with E-state index in [-0.39, 0.29) is 0 Å². The molecule has 0 fully saturated rings. The summed E-state index contributed by atoms with van der Waals surface area (Å²) in [5, 5.41) is 0. The lowest BCUT2D eigenvalue weighted by Crippen LogP contribution is -2.67. The van der Waals surface area contributed by atoms with E-state index < -0.39 is 0 Å². The fourth-order valence-electron chi connectivity index (χ4n) is 0.204. The van der Waals surface area contributed by atoms with Crippen LogP contribution in [-0.2, 0) is 0 Å². The molecule has 0 aliphatic carbocycles. The van der Waals surface area contributed by atoms with E-state index in [9.17, 15) is 0 Å². The molecule has 0 saturated heterocycles. The third-order valence-corrected chi connectivity index (χ3v) is 0.408. The number of hydrogen-bond donors (Lipinski definition) is 1. The lowest BCUT2D eigenvalue weighted by molar-refractivity contribution is -0.447. The fraction of sp³-hybridized carbons (Fsp3) is 0.750. The van der Waals surface area contributed by atoms with Crippen molar-refractivity contribution in [3.63, 3.8) is 0 Å². The number of rotatable bonds is 1. The van der Waals surface area contributed by atoms with Crippen LogP contribution in [0.3, 0.4) is 0 Å². The molecule has 0 heterocycles. The van der Waals surface area contributed by atoms with E-state index in [1.165, 1.54) is 0 Å². The third-order valence-electron chi connectivity index (χ3n) is 0.408. The molecule has 0 aliphatic rings. The normalized spacial score (nSPS) is 10.0. The maximum absolute atomic E-state index is 2.99. The summed E-state index contributed by atoms with van der Waals surface area (Å²) in [7, 11) is 0. The Balaban J connectivity index is 2.62. The lowest BCUT2D eigenvalue weighted by atomic mass is 10.8. The maximum Gasteiger partial charge on any atom is 0.137 e. The second-order valence-electron chi connectivity index (χ2n) is 0.846. The van der Waals surface area contributed by atoms with Crippen molar-refractivity contribution in [1.29, 1.82) is 0 Å². The van der Waals surface area contributed by atoms with Crippen molar-refractivity contribution in [3.8, 4) is 0 Å². The van der Waals surface area contributed by atoms with E-state index in [1.807, 2.05) is 13.1 Å². The molecule has 0 spiro atoms.